The van der Waals surface area contributed by atoms with E-state index >= 15 is 0 Å². The van der Waals surface area contributed by atoms with Gasteiger partial charge in [-0.05, 0) is 49.6 Å². The van der Waals surface area contributed by atoms with Crippen molar-refractivity contribution in [2.24, 2.45) is 0 Å². The van der Waals surface area contributed by atoms with Crippen molar-refractivity contribution in [1.82, 2.24) is 15.2 Å². The van der Waals surface area contributed by atoms with Gasteiger partial charge in [0.25, 0.3) is 5.91 Å². The maximum absolute atomic E-state index is 13.2. The summed E-state index contributed by atoms with van der Waals surface area (Å²) in [6, 6.07) is 8.13. The minimum atomic E-state index is -1.35. The van der Waals surface area contributed by atoms with Crippen molar-refractivity contribution in [1.29, 1.82) is 0 Å². The van der Waals surface area contributed by atoms with Crippen LogP contribution in [0, 0.1) is 5.82 Å². The van der Waals surface area contributed by atoms with Crippen LogP contribution in [0.2, 0.25) is 0 Å². The lowest BCUT2D eigenvalue weighted by atomic mass is 9.92. The summed E-state index contributed by atoms with van der Waals surface area (Å²) in [4.78, 5) is 42.9. The van der Waals surface area contributed by atoms with Crippen LogP contribution in [0.1, 0.15) is 36.9 Å². The van der Waals surface area contributed by atoms with Gasteiger partial charge in [-0.25, -0.2) is 9.18 Å². The Kier molecular flexibility index (Phi) is 4.33. The molecule has 4 amide bonds. The van der Waals surface area contributed by atoms with Crippen molar-refractivity contribution >= 4 is 23.5 Å². The average Bonchev–Trinajstić information content (AvgIpc) is 3.48. The number of benzene rings is 1. The van der Waals surface area contributed by atoms with E-state index in [1.165, 1.54) is 31.2 Å². The van der Waals surface area contributed by atoms with E-state index in [-0.39, 0.29) is 0 Å². The number of halogens is 1. The number of carbonyl (C=O) groups is 3. The zero-order chi connectivity index (χ0) is 19.9. The van der Waals surface area contributed by atoms with Crippen LogP contribution in [0.5, 0.6) is 0 Å². The third kappa shape index (κ3) is 3.21. The number of carbonyl (C=O) groups excluding carboxylic acids is 3. The molecule has 2 heterocycles. The molecule has 1 saturated carbocycles. The molecule has 2 aromatic rings. The average molecular weight is 382 g/mol. The highest BCUT2D eigenvalue weighted by Crippen LogP contribution is 2.42. The van der Waals surface area contributed by atoms with Crippen LogP contribution in [0.15, 0.2) is 42.6 Å². The second-order valence-corrected chi connectivity index (χ2v) is 7.21. The van der Waals surface area contributed by atoms with E-state index in [0.717, 1.165) is 23.4 Å². The predicted octanol–water partition coefficient (Wildman–Crippen LogP) is 2.50. The van der Waals surface area contributed by atoms with Gasteiger partial charge in [0.2, 0.25) is 5.91 Å². The number of hydrogen-bond donors (Lipinski definition) is 2. The van der Waals surface area contributed by atoms with E-state index < -0.39 is 35.7 Å². The Morgan fingerprint density at radius 1 is 1.29 bits per heavy atom. The van der Waals surface area contributed by atoms with Crippen LogP contribution in [-0.4, -0.2) is 34.3 Å². The first-order chi connectivity index (χ1) is 13.4. The summed E-state index contributed by atoms with van der Waals surface area (Å²) in [6.07, 6.45) is 3.74. The number of aromatic nitrogens is 1. The SMILES string of the molecule is CC1(c2ccc(F)cc2)NC(=O)N(CC(=O)Nc2cccnc2C2CC2)C1=O. The van der Waals surface area contributed by atoms with Crippen LogP contribution in [0.25, 0.3) is 0 Å². The molecule has 1 aliphatic heterocycles. The summed E-state index contributed by atoms with van der Waals surface area (Å²) in [7, 11) is 0. The summed E-state index contributed by atoms with van der Waals surface area (Å²) >= 11 is 0. The van der Waals surface area contributed by atoms with Gasteiger partial charge in [-0.3, -0.25) is 19.5 Å². The molecular formula is C20H19FN4O3. The molecule has 0 radical (unpaired) electrons. The lowest BCUT2D eigenvalue weighted by Crippen LogP contribution is -2.42. The van der Waals surface area contributed by atoms with E-state index in [1.807, 2.05) is 0 Å². The molecule has 0 spiro atoms. The minimum absolute atomic E-state index is 0.343. The fourth-order valence-corrected chi connectivity index (χ4v) is 3.36. The fourth-order valence-electron chi connectivity index (χ4n) is 3.36. The monoisotopic (exact) mass is 382 g/mol. The standard InChI is InChI=1S/C20H19FN4O3/c1-20(13-6-8-14(21)9-7-13)18(27)25(19(28)24-20)11-16(26)23-15-3-2-10-22-17(15)12-4-5-12/h2-3,6-10,12H,4-5,11H2,1H3,(H,23,26)(H,24,28). The number of hydrogen-bond acceptors (Lipinski definition) is 4. The maximum Gasteiger partial charge on any atom is 0.325 e. The zero-order valence-corrected chi connectivity index (χ0v) is 15.2. The first kappa shape index (κ1) is 18.1. The number of amides is 4. The molecular weight excluding hydrogens is 363 g/mol. The number of nitrogens with zero attached hydrogens (tertiary/aromatic N) is 2. The van der Waals surface area contributed by atoms with Crippen LogP contribution >= 0.6 is 0 Å². The number of urea groups is 1. The molecule has 1 aliphatic carbocycles. The maximum atomic E-state index is 13.2. The second-order valence-electron chi connectivity index (χ2n) is 7.21. The molecule has 2 aliphatic rings. The molecule has 1 saturated heterocycles. The third-order valence-corrected chi connectivity index (χ3v) is 5.07. The summed E-state index contributed by atoms with van der Waals surface area (Å²) < 4.78 is 13.2. The highest BCUT2D eigenvalue weighted by atomic mass is 19.1. The van der Waals surface area contributed by atoms with E-state index in [0.29, 0.717) is 17.2 Å². The van der Waals surface area contributed by atoms with Crippen molar-refractivity contribution in [3.05, 3.63) is 59.7 Å². The largest absolute Gasteiger partial charge is 0.325 e. The fraction of sp³-hybridized carbons (Fsp3) is 0.300. The summed E-state index contributed by atoms with van der Waals surface area (Å²) in [5, 5.41) is 5.35. The van der Waals surface area contributed by atoms with E-state index in [2.05, 4.69) is 15.6 Å². The van der Waals surface area contributed by atoms with Crippen molar-refractivity contribution in [2.45, 2.75) is 31.2 Å². The minimum Gasteiger partial charge on any atom is -0.323 e. The number of pyridine rings is 1. The molecule has 1 aromatic carbocycles. The van der Waals surface area contributed by atoms with Gasteiger partial charge >= 0.3 is 6.03 Å². The van der Waals surface area contributed by atoms with Gasteiger partial charge in [0.1, 0.15) is 17.9 Å². The molecule has 2 fully saturated rings. The van der Waals surface area contributed by atoms with Crippen molar-refractivity contribution in [3.63, 3.8) is 0 Å². The predicted molar refractivity (Wildman–Crippen MR) is 98.8 cm³/mol. The number of rotatable bonds is 5. The molecule has 7 nitrogen and oxygen atoms in total. The van der Waals surface area contributed by atoms with Crippen LogP contribution in [0.4, 0.5) is 14.9 Å². The number of anilines is 1. The molecule has 4 rings (SSSR count). The van der Waals surface area contributed by atoms with E-state index in [1.54, 1.807) is 18.3 Å². The van der Waals surface area contributed by atoms with Crippen LogP contribution < -0.4 is 10.6 Å². The number of imide groups is 1. The van der Waals surface area contributed by atoms with Gasteiger partial charge in [-0.1, -0.05) is 12.1 Å². The molecule has 1 atom stereocenters. The molecule has 2 N–H and O–H groups in total. The molecule has 144 valence electrons. The quantitative estimate of drug-likeness (QED) is 0.778. The Morgan fingerprint density at radius 3 is 2.68 bits per heavy atom. The molecule has 1 unspecified atom stereocenters. The zero-order valence-electron chi connectivity index (χ0n) is 15.2. The Labute approximate surface area is 160 Å². The Morgan fingerprint density at radius 2 is 2.00 bits per heavy atom. The second kappa shape index (κ2) is 6.70. The molecule has 1 aromatic heterocycles. The third-order valence-electron chi connectivity index (χ3n) is 5.07. The van der Waals surface area contributed by atoms with Gasteiger partial charge in [-0.2, -0.15) is 0 Å². The van der Waals surface area contributed by atoms with Crippen molar-refractivity contribution in [2.75, 3.05) is 11.9 Å². The van der Waals surface area contributed by atoms with Crippen LogP contribution in [0.3, 0.4) is 0 Å². The summed E-state index contributed by atoms with van der Waals surface area (Å²) in [5.74, 6) is -1.15. The Hall–Kier alpha value is -3.29. The van der Waals surface area contributed by atoms with Gasteiger partial charge in [-0.15, -0.1) is 0 Å². The smallest absolute Gasteiger partial charge is 0.323 e. The van der Waals surface area contributed by atoms with Gasteiger partial charge < -0.3 is 10.6 Å². The Balaban J connectivity index is 1.49. The topological polar surface area (TPSA) is 91.4 Å². The molecule has 8 heteroatoms. The number of nitrogens with one attached hydrogen (secondary N) is 2. The summed E-state index contributed by atoms with van der Waals surface area (Å²) in [6.45, 7) is 1.12. The van der Waals surface area contributed by atoms with Crippen molar-refractivity contribution < 1.29 is 18.8 Å². The lowest BCUT2D eigenvalue weighted by Gasteiger charge is -2.22. The van der Waals surface area contributed by atoms with Gasteiger partial charge in [0, 0.05) is 12.1 Å². The summed E-state index contributed by atoms with van der Waals surface area (Å²) in [5.41, 5.74) is 0.518. The lowest BCUT2D eigenvalue weighted by molar-refractivity contribution is -0.133. The van der Waals surface area contributed by atoms with Crippen LogP contribution in [-0.2, 0) is 15.1 Å². The molecule has 28 heavy (non-hydrogen) atoms. The van der Waals surface area contributed by atoms with E-state index in [4.69, 9.17) is 0 Å². The van der Waals surface area contributed by atoms with Gasteiger partial charge in [0.15, 0.2) is 0 Å². The highest BCUT2D eigenvalue weighted by Gasteiger charge is 2.49. The molecule has 0 bridgehead atoms. The van der Waals surface area contributed by atoms with E-state index in [9.17, 15) is 18.8 Å². The highest BCUT2D eigenvalue weighted by molar-refractivity contribution is 6.10. The first-order valence-electron chi connectivity index (χ1n) is 9.03. The Bertz CT molecular complexity index is 958. The van der Waals surface area contributed by atoms with Gasteiger partial charge in [0.05, 0.1) is 11.4 Å². The normalized spacial score (nSPS) is 21.6. The first-order valence-corrected chi connectivity index (χ1v) is 9.03. The van der Waals surface area contributed by atoms with Crippen molar-refractivity contribution in [3.8, 4) is 0 Å².